The average Bonchev–Trinajstić information content (AvgIpc) is 2.03. The van der Waals surface area contributed by atoms with Gasteiger partial charge in [-0.1, -0.05) is 31.2 Å². The van der Waals surface area contributed by atoms with Gasteiger partial charge in [-0.15, -0.1) is 0 Å². The Morgan fingerprint density at radius 1 is 1.62 bits per heavy atom. The van der Waals surface area contributed by atoms with Crippen LogP contribution in [0.25, 0.3) is 0 Å². The van der Waals surface area contributed by atoms with E-state index in [4.69, 9.17) is 0 Å². The van der Waals surface area contributed by atoms with Crippen molar-refractivity contribution in [2.75, 3.05) is 6.26 Å². The predicted molar refractivity (Wildman–Crippen MR) is 58.4 cm³/mol. The van der Waals surface area contributed by atoms with Crippen LogP contribution < -0.4 is 0 Å². The topological polar surface area (TPSA) is 37.3 Å². The minimum absolute atomic E-state index is 0.213. The van der Waals surface area contributed by atoms with Crippen LogP contribution in [-0.4, -0.2) is 20.4 Å². The molecule has 2 nitrogen and oxygen atoms in total. The summed E-state index contributed by atoms with van der Waals surface area (Å²) in [6.45, 7) is 2.03. The van der Waals surface area contributed by atoms with Gasteiger partial charge in [0.15, 0.2) is 0 Å². The highest BCUT2D eigenvalue weighted by Crippen LogP contribution is 2.29. The first-order valence-corrected chi connectivity index (χ1v) is 6.38. The largest absolute Gasteiger partial charge is 0.314 e. The van der Waals surface area contributed by atoms with Crippen molar-refractivity contribution in [3.63, 3.8) is 0 Å². The van der Waals surface area contributed by atoms with E-state index in [1.165, 1.54) is 6.26 Å². The molecule has 1 aliphatic carbocycles. The summed E-state index contributed by atoms with van der Waals surface area (Å²) in [6.07, 6.45) is 11.0. The first kappa shape index (κ1) is 10.5. The van der Waals surface area contributed by atoms with Crippen LogP contribution in [0.4, 0.5) is 0 Å². The SMILES string of the molecule is CC[C@@]1(C=S(C)(=O)O)C=CC=CC1. The maximum atomic E-state index is 11.3. The fourth-order valence-electron chi connectivity index (χ4n) is 1.55. The van der Waals surface area contributed by atoms with Gasteiger partial charge in [0, 0.05) is 17.0 Å². The van der Waals surface area contributed by atoms with Crippen LogP contribution in [0.5, 0.6) is 0 Å². The molecule has 0 aromatic carbocycles. The van der Waals surface area contributed by atoms with E-state index < -0.39 is 9.80 Å². The van der Waals surface area contributed by atoms with Crippen LogP contribution in [0, 0.1) is 5.41 Å². The molecular weight excluding hydrogens is 184 g/mol. The van der Waals surface area contributed by atoms with Crippen molar-refractivity contribution in [2.24, 2.45) is 5.41 Å². The Labute approximate surface area is 80.2 Å². The molecule has 0 aromatic rings. The summed E-state index contributed by atoms with van der Waals surface area (Å²) in [6, 6.07) is 0. The molecule has 0 heterocycles. The van der Waals surface area contributed by atoms with Gasteiger partial charge in [0.2, 0.25) is 0 Å². The number of rotatable bonds is 2. The molecule has 0 saturated carbocycles. The van der Waals surface area contributed by atoms with E-state index in [0.29, 0.717) is 0 Å². The molecular formula is C10H16O2S. The molecule has 1 N–H and O–H groups in total. The summed E-state index contributed by atoms with van der Waals surface area (Å²) in [7, 11) is -2.75. The minimum atomic E-state index is -2.75. The monoisotopic (exact) mass is 200 g/mol. The fraction of sp³-hybridized carbons (Fsp3) is 0.500. The van der Waals surface area contributed by atoms with Crippen molar-refractivity contribution in [2.45, 2.75) is 19.8 Å². The van der Waals surface area contributed by atoms with Crippen molar-refractivity contribution in [1.82, 2.24) is 0 Å². The second-order valence-corrected chi connectivity index (χ2v) is 5.52. The van der Waals surface area contributed by atoms with Gasteiger partial charge in [-0.25, -0.2) is 4.21 Å². The first-order valence-electron chi connectivity index (χ1n) is 4.39. The molecule has 3 heteroatoms. The normalized spacial score (nSPS) is 31.3. The Kier molecular flexibility index (Phi) is 2.98. The van der Waals surface area contributed by atoms with Gasteiger partial charge in [0.1, 0.15) is 0 Å². The maximum absolute atomic E-state index is 11.3. The lowest BCUT2D eigenvalue weighted by Crippen LogP contribution is -2.23. The van der Waals surface area contributed by atoms with Crippen molar-refractivity contribution >= 4 is 15.2 Å². The predicted octanol–water partition coefficient (Wildman–Crippen LogP) is 2.09. The second kappa shape index (κ2) is 3.68. The summed E-state index contributed by atoms with van der Waals surface area (Å²) >= 11 is 0. The van der Waals surface area contributed by atoms with E-state index in [1.54, 1.807) is 5.37 Å². The molecule has 0 radical (unpaired) electrons. The highest BCUT2D eigenvalue weighted by molar-refractivity contribution is 7.95. The van der Waals surface area contributed by atoms with Gasteiger partial charge in [-0.3, -0.25) is 0 Å². The molecule has 0 bridgehead atoms. The number of hydrogen-bond donors (Lipinski definition) is 1. The smallest absolute Gasteiger partial charge is 0.0755 e. The quantitative estimate of drug-likeness (QED) is 0.693. The van der Waals surface area contributed by atoms with Crippen LogP contribution >= 0.6 is 0 Å². The lowest BCUT2D eigenvalue weighted by Gasteiger charge is -2.26. The standard InChI is InChI=1S/C10H16O2S/c1-3-10(9-13(2,11)12)7-5-4-6-8-10/h4-7,9H,3,8H2,1-2H3,(H,11,12)/t10-/m1/s1. The van der Waals surface area contributed by atoms with E-state index in [-0.39, 0.29) is 5.41 Å². The van der Waals surface area contributed by atoms with Crippen molar-refractivity contribution in [3.05, 3.63) is 24.3 Å². The second-order valence-electron chi connectivity index (χ2n) is 3.56. The third kappa shape index (κ3) is 3.01. The molecule has 0 spiro atoms. The molecule has 13 heavy (non-hydrogen) atoms. The summed E-state index contributed by atoms with van der Waals surface area (Å²) < 4.78 is 20.5. The lowest BCUT2D eigenvalue weighted by atomic mass is 9.81. The van der Waals surface area contributed by atoms with Crippen molar-refractivity contribution in [3.8, 4) is 0 Å². The van der Waals surface area contributed by atoms with E-state index in [2.05, 4.69) is 0 Å². The molecule has 74 valence electrons. The third-order valence-electron chi connectivity index (χ3n) is 2.28. The number of allylic oxidation sites excluding steroid dienone is 4. The van der Waals surface area contributed by atoms with Crippen LogP contribution in [0.1, 0.15) is 19.8 Å². The molecule has 1 unspecified atom stereocenters. The van der Waals surface area contributed by atoms with Gasteiger partial charge >= 0.3 is 0 Å². The van der Waals surface area contributed by atoms with Gasteiger partial charge in [-0.05, 0) is 12.8 Å². The van der Waals surface area contributed by atoms with Crippen LogP contribution in [0.15, 0.2) is 24.3 Å². The van der Waals surface area contributed by atoms with Crippen molar-refractivity contribution < 1.29 is 8.76 Å². The molecule has 0 aliphatic heterocycles. The van der Waals surface area contributed by atoms with Crippen LogP contribution in [0.2, 0.25) is 0 Å². The van der Waals surface area contributed by atoms with Crippen LogP contribution in [-0.2, 0) is 9.80 Å². The van der Waals surface area contributed by atoms with Gasteiger partial charge < -0.3 is 4.55 Å². The summed E-state index contributed by atoms with van der Waals surface area (Å²) in [5.41, 5.74) is -0.213. The molecule has 0 fully saturated rings. The first-order chi connectivity index (χ1) is 5.97. The Morgan fingerprint density at radius 3 is 2.69 bits per heavy atom. The Hall–Kier alpha value is -0.540. The summed E-state index contributed by atoms with van der Waals surface area (Å²) in [5.74, 6) is 0. The minimum Gasteiger partial charge on any atom is -0.314 e. The molecule has 0 saturated heterocycles. The van der Waals surface area contributed by atoms with E-state index in [9.17, 15) is 8.76 Å². The zero-order valence-electron chi connectivity index (χ0n) is 8.06. The highest BCUT2D eigenvalue weighted by Gasteiger charge is 2.23. The molecule has 1 rings (SSSR count). The highest BCUT2D eigenvalue weighted by atomic mass is 32.2. The zero-order valence-corrected chi connectivity index (χ0v) is 8.88. The van der Waals surface area contributed by atoms with Crippen molar-refractivity contribution in [1.29, 1.82) is 0 Å². The molecule has 0 amide bonds. The van der Waals surface area contributed by atoms with Crippen LogP contribution in [0.3, 0.4) is 0 Å². The molecule has 0 aromatic heterocycles. The summed E-state index contributed by atoms with van der Waals surface area (Å²) in [5, 5.41) is 1.57. The van der Waals surface area contributed by atoms with E-state index in [0.717, 1.165) is 12.8 Å². The zero-order chi connectivity index (χ0) is 9.95. The Morgan fingerprint density at radius 2 is 2.31 bits per heavy atom. The lowest BCUT2D eigenvalue weighted by molar-refractivity contribution is 0.525. The van der Waals surface area contributed by atoms with Gasteiger partial charge in [-0.2, -0.15) is 0 Å². The average molecular weight is 200 g/mol. The molecule has 2 atom stereocenters. The van der Waals surface area contributed by atoms with Gasteiger partial charge in [0.05, 0.1) is 9.80 Å². The Balaban J connectivity index is 3.03. The summed E-state index contributed by atoms with van der Waals surface area (Å²) in [4.78, 5) is 0. The van der Waals surface area contributed by atoms with E-state index in [1.807, 2.05) is 31.2 Å². The number of hydrogen-bond acceptors (Lipinski definition) is 1. The molecule has 1 aliphatic rings. The fourth-order valence-corrected chi connectivity index (χ4v) is 2.76. The third-order valence-corrected chi connectivity index (χ3v) is 3.19. The maximum Gasteiger partial charge on any atom is 0.0755 e. The Bertz CT molecular complexity index is 338. The van der Waals surface area contributed by atoms with E-state index >= 15 is 0 Å². The van der Waals surface area contributed by atoms with Gasteiger partial charge in [0.25, 0.3) is 0 Å².